The number of aliphatic hydroxyl groups is 1. The lowest BCUT2D eigenvalue weighted by molar-refractivity contribution is 0.219. The summed E-state index contributed by atoms with van der Waals surface area (Å²) in [5, 5.41) is 11.1. The van der Waals surface area contributed by atoms with E-state index < -0.39 is 0 Å². The number of benzene rings is 1. The van der Waals surface area contributed by atoms with Crippen molar-refractivity contribution in [3.63, 3.8) is 0 Å². The summed E-state index contributed by atoms with van der Waals surface area (Å²) in [7, 11) is 0. The summed E-state index contributed by atoms with van der Waals surface area (Å²) < 4.78 is 0. The average Bonchev–Trinajstić information content (AvgIpc) is 2.89. The van der Waals surface area contributed by atoms with Gasteiger partial charge in [0.1, 0.15) is 5.82 Å². The Morgan fingerprint density at radius 2 is 2.05 bits per heavy atom. The predicted octanol–water partition coefficient (Wildman–Crippen LogP) is 3.14. The number of anilines is 1. The van der Waals surface area contributed by atoms with Crippen molar-refractivity contribution in [3.05, 3.63) is 29.3 Å². The van der Waals surface area contributed by atoms with Crippen molar-refractivity contribution in [3.8, 4) is 0 Å². The molecule has 3 aliphatic heterocycles. The highest BCUT2D eigenvalue weighted by molar-refractivity contribution is 5.93. The molecule has 1 saturated heterocycles. The third-order valence-electron chi connectivity index (χ3n) is 5.20. The van der Waals surface area contributed by atoms with E-state index in [-0.39, 0.29) is 12.0 Å². The average molecular weight is 270 g/mol. The van der Waals surface area contributed by atoms with Gasteiger partial charge in [0.05, 0.1) is 12.1 Å². The molecule has 2 aromatic rings. The lowest BCUT2D eigenvalue weighted by atomic mass is 9.81. The molecule has 106 valence electrons. The second kappa shape index (κ2) is 4.01. The number of aliphatic hydroxyl groups excluding tert-OH is 1. The summed E-state index contributed by atoms with van der Waals surface area (Å²) in [5.74, 6) is 2.06. The van der Waals surface area contributed by atoms with Crippen LogP contribution < -0.4 is 4.90 Å². The van der Waals surface area contributed by atoms with Crippen molar-refractivity contribution in [1.29, 1.82) is 0 Å². The Morgan fingerprint density at radius 1 is 1.30 bits per heavy atom. The highest BCUT2D eigenvalue weighted by Crippen LogP contribution is 2.47. The largest absolute Gasteiger partial charge is 0.395 e. The first-order chi connectivity index (χ1) is 9.62. The summed E-state index contributed by atoms with van der Waals surface area (Å²) in [6, 6.07) is 6.53. The highest BCUT2D eigenvalue weighted by Gasteiger charge is 2.35. The molecular formula is C17H22N2O. The predicted molar refractivity (Wildman–Crippen MR) is 82.6 cm³/mol. The van der Waals surface area contributed by atoms with E-state index in [1.54, 1.807) is 0 Å². The van der Waals surface area contributed by atoms with E-state index in [1.165, 1.54) is 53.8 Å². The zero-order valence-electron chi connectivity index (χ0n) is 12.2. The minimum absolute atomic E-state index is 0.170. The van der Waals surface area contributed by atoms with Crippen LogP contribution in [-0.2, 0) is 5.41 Å². The first-order valence-corrected chi connectivity index (χ1v) is 7.63. The van der Waals surface area contributed by atoms with Crippen LogP contribution in [0.15, 0.2) is 18.2 Å². The van der Waals surface area contributed by atoms with Crippen LogP contribution >= 0.6 is 0 Å². The number of nitrogens with zero attached hydrogens (tertiary/aromatic N) is 1. The van der Waals surface area contributed by atoms with Gasteiger partial charge in [-0.2, -0.15) is 0 Å². The number of nitrogens with one attached hydrogen (secondary N) is 1. The van der Waals surface area contributed by atoms with Crippen LogP contribution in [0.1, 0.15) is 43.7 Å². The van der Waals surface area contributed by atoms with Crippen molar-refractivity contribution < 1.29 is 5.11 Å². The summed E-state index contributed by atoms with van der Waals surface area (Å²) in [6.45, 7) is 6.75. The molecule has 0 saturated carbocycles. The van der Waals surface area contributed by atoms with E-state index in [1.807, 2.05) is 0 Å². The molecule has 2 N–H and O–H groups in total. The van der Waals surface area contributed by atoms with Gasteiger partial charge >= 0.3 is 0 Å². The van der Waals surface area contributed by atoms with Crippen LogP contribution in [0.4, 0.5) is 5.82 Å². The number of hydrogen-bond donors (Lipinski definition) is 2. The molecule has 4 heterocycles. The molecule has 3 nitrogen and oxygen atoms in total. The third kappa shape index (κ3) is 1.50. The smallest absolute Gasteiger partial charge is 0.110 e. The third-order valence-corrected chi connectivity index (χ3v) is 5.20. The fourth-order valence-electron chi connectivity index (χ4n) is 3.93. The van der Waals surface area contributed by atoms with Gasteiger partial charge in [0.25, 0.3) is 0 Å². The molecule has 0 atom stereocenters. The second-order valence-corrected chi connectivity index (χ2v) is 6.92. The summed E-state index contributed by atoms with van der Waals surface area (Å²) in [5.41, 5.74) is 3.78. The van der Waals surface area contributed by atoms with Gasteiger partial charge in [-0.25, -0.2) is 0 Å². The second-order valence-electron chi connectivity index (χ2n) is 6.92. The zero-order valence-corrected chi connectivity index (χ0v) is 12.2. The number of H-pyrrole nitrogens is 1. The van der Waals surface area contributed by atoms with Crippen molar-refractivity contribution in [2.45, 2.75) is 38.0 Å². The molecule has 0 aliphatic carbocycles. The first kappa shape index (κ1) is 12.3. The maximum absolute atomic E-state index is 9.70. The Kier molecular flexibility index (Phi) is 2.46. The van der Waals surface area contributed by atoms with Crippen LogP contribution in [0.25, 0.3) is 10.9 Å². The van der Waals surface area contributed by atoms with Gasteiger partial charge in [0.2, 0.25) is 0 Å². The first-order valence-electron chi connectivity index (χ1n) is 7.63. The number of rotatable bonds is 2. The normalized spacial score (nSPS) is 18.9. The number of para-hydroxylation sites is 1. The lowest BCUT2D eigenvalue weighted by Crippen LogP contribution is -2.38. The SMILES string of the molecule is CC(C)(CO)c1cccc2c3c([nH]c12)N1CCC3CC1. The quantitative estimate of drug-likeness (QED) is 0.880. The topological polar surface area (TPSA) is 39.3 Å². The van der Waals surface area contributed by atoms with Gasteiger partial charge in [-0.15, -0.1) is 0 Å². The summed E-state index contributed by atoms with van der Waals surface area (Å²) in [6.07, 6.45) is 2.57. The fraction of sp³-hybridized carbons (Fsp3) is 0.529. The summed E-state index contributed by atoms with van der Waals surface area (Å²) >= 11 is 0. The number of hydrogen-bond acceptors (Lipinski definition) is 2. The molecule has 0 unspecified atom stereocenters. The van der Waals surface area contributed by atoms with Crippen LogP contribution in [0.3, 0.4) is 0 Å². The van der Waals surface area contributed by atoms with Gasteiger partial charge in [-0.1, -0.05) is 32.0 Å². The van der Waals surface area contributed by atoms with Crippen LogP contribution in [0.2, 0.25) is 0 Å². The van der Waals surface area contributed by atoms with E-state index in [2.05, 4.69) is 41.9 Å². The monoisotopic (exact) mass is 270 g/mol. The van der Waals surface area contributed by atoms with Crippen molar-refractivity contribution in [2.24, 2.45) is 0 Å². The lowest BCUT2D eigenvalue weighted by Gasteiger charge is -2.40. The number of aromatic nitrogens is 1. The van der Waals surface area contributed by atoms with E-state index in [0.717, 1.165) is 5.92 Å². The van der Waals surface area contributed by atoms with E-state index >= 15 is 0 Å². The molecule has 0 spiro atoms. The van der Waals surface area contributed by atoms with Crippen LogP contribution in [0, 0.1) is 0 Å². The summed E-state index contributed by atoms with van der Waals surface area (Å²) in [4.78, 5) is 6.16. The highest BCUT2D eigenvalue weighted by atomic mass is 16.3. The fourth-order valence-corrected chi connectivity index (χ4v) is 3.93. The van der Waals surface area contributed by atoms with Crippen LogP contribution in [-0.4, -0.2) is 29.8 Å². The number of fused-ring (bicyclic) bond motifs is 3. The van der Waals surface area contributed by atoms with Crippen molar-refractivity contribution >= 4 is 16.7 Å². The molecule has 0 radical (unpaired) electrons. The number of aromatic amines is 1. The standard InChI is InChI=1S/C17H22N2O/c1-17(2,10-20)13-5-3-4-12-14-11-6-8-19(9-7-11)16(14)18-15(12)13/h3-5,11,18,20H,6-10H2,1-2H3. The Labute approximate surface area is 119 Å². The Bertz CT molecular complexity index is 663. The molecule has 5 rings (SSSR count). The Morgan fingerprint density at radius 3 is 2.75 bits per heavy atom. The van der Waals surface area contributed by atoms with Gasteiger partial charge < -0.3 is 15.0 Å². The van der Waals surface area contributed by atoms with Gasteiger partial charge in [0, 0.05) is 29.5 Å². The molecule has 1 fully saturated rings. The Hall–Kier alpha value is -1.48. The molecule has 2 bridgehead atoms. The van der Waals surface area contributed by atoms with E-state index in [0.29, 0.717) is 0 Å². The Balaban J connectivity index is 2.00. The van der Waals surface area contributed by atoms with Gasteiger partial charge in [-0.05, 0) is 24.3 Å². The molecule has 3 heteroatoms. The molecule has 20 heavy (non-hydrogen) atoms. The molecular weight excluding hydrogens is 248 g/mol. The molecule has 0 amide bonds. The minimum atomic E-state index is -0.207. The number of piperidine rings is 1. The van der Waals surface area contributed by atoms with Crippen LogP contribution in [0.5, 0.6) is 0 Å². The molecule has 1 aromatic heterocycles. The van der Waals surface area contributed by atoms with Gasteiger partial charge in [0.15, 0.2) is 0 Å². The van der Waals surface area contributed by atoms with E-state index in [4.69, 9.17) is 0 Å². The van der Waals surface area contributed by atoms with E-state index in [9.17, 15) is 5.11 Å². The van der Waals surface area contributed by atoms with Crippen molar-refractivity contribution in [1.82, 2.24) is 4.98 Å². The van der Waals surface area contributed by atoms with Gasteiger partial charge in [-0.3, -0.25) is 0 Å². The molecule has 3 aliphatic rings. The zero-order chi connectivity index (χ0) is 13.9. The minimum Gasteiger partial charge on any atom is -0.395 e. The maximum Gasteiger partial charge on any atom is 0.110 e. The van der Waals surface area contributed by atoms with Crippen molar-refractivity contribution in [2.75, 3.05) is 24.6 Å². The maximum atomic E-state index is 9.70. The molecule has 1 aromatic carbocycles.